The van der Waals surface area contributed by atoms with E-state index in [1.807, 2.05) is 29.2 Å². The molecule has 0 spiro atoms. The third-order valence-corrected chi connectivity index (χ3v) is 18.6. The van der Waals surface area contributed by atoms with Gasteiger partial charge in [-0.3, -0.25) is 14.4 Å². The van der Waals surface area contributed by atoms with Crippen LogP contribution in [0.4, 0.5) is 73.6 Å². The molecule has 15 rings (SSSR count). The van der Waals surface area contributed by atoms with Crippen LogP contribution in [0.2, 0.25) is 0 Å². The zero-order valence-corrected chi connectivity index (χ0v) is 62.0. The first-order chi connectivity index (χ1) is 54.5. The van der Waals surface area contributed by atoms with E-state index in [1.54, 1.807) is 137 Å². The fraction of sp³-hybridized carbons (Fsp3) is 0.225. The number of hydrogen-bond donors (Lipinski definition) is 9. The molecule has 3 amide bonds. The highest BCUT2D eigenvalue weighted by atomic mass is 19.1. The van der Waals surface area contributed by atoms with Crippen molar-refractivity contribution in [3.8, 4) is 34.9 Å². The lowest BCUT2D eigenvalue weighted by molar-refractivity contribution is -0.112. The molecular formula is C80H85FN22O9. The van der Waals surface area contributed by atoms with Gasteiger partial charge in [0.15, 0.2) is 16.9 Å². The zero-order chi connectivity index (χ0) is 78.2. The van der Waals surface area contributed by atoms with Crippen molar-refractivity contribution >= 4 is 120 Å². The van der Waals surface area contributed by atoms with E-state index in [2.05, 4.69) is 144 Å². The predicted molar refractivity (Wildman–Crippen MR) is 431 cm³/mol. The van der Waals surface area contributed by atoms with Crippen LogP contribution in [0.3, 0.4) is 0 Å². The van der Waals surface area contributed by atoms with Crippen LogP contribution in [0.25, 0.3) is 33.1 Å². The molecule has 112 heavy (non-hydrogen) atoms. The fourth-order valence-electron chi connectivity index (χ4n) is 12.5. The number of nitrogens with one attached hydrogen (secondary N) is 6. The number of aliphatic hydroxyl groups is 3. The molecule has 0 bridgehead atoms. The molecule has 31 nitrogen and oxygen atoms in total. The van der Waals surface area contributed by atoms with Gasteiger partial charge < -0.3 is 105 Å². The van der Waals surface area contributed by atoms with Gasteiger partial charge in [0.1, 0.15) is 49.1 Å². The van der Waals surface area contributed by atoms with Gasteiger partial charge in [-0.25, -0.2) is 9.37 Å². The lowest BCUT2D eigenvalue weighted by Crippen LogP contribution is -2.44. The number of hydrogen-bond acceptors (Lipinski definition) is 25. The number of nitrogens with zero attached hydrogens (tertiary/aromatic N) is 16. The molecule has 0 unspecified atom stereocenters. The van der Waals surface area contributed by atoms with Gasteiger partial charge in [-0.15, -0.1) is 0 Å². The standard InChI is InChI=1S/C27H28FN7O3.C27H29N7O3.C26H28N8O3/c1-3-24(37)29-18-5-4-6-20(15-18)38-26-21-9-10-35(17-36)25(21)31-27(32-26)30-19-7-8-23(22(28)16-19)34-13-11-33(2)12-14-34;1-3-24(36)28-20-5-4-6-22(17-20)37-26-23-11-12-34(18-35)25(23)30-27(31-26)29-19-7-9-21(10-8-19)33-15-13-32(2)14-16-33;1-3-23(36)28-18-5-4-6-20(15-18)37-25-21-9-10-34(17-35)24(21)30-26(31-25)29-19-7-8-22(27-16-19)33-13-11-32(2)12-14-33/h3-10,15-16,36H,1,11-14,17H2,2H3,(H,29,37)(H,30,31,32);3-12,17,35H,1,13-16,18H2,2H3,(H,28,36)(H,29,30,31);3-10,15-16,35H,1,11-14,17H2,2H3,(H,28,36)(H,29,30,31). The third-order valence-electron chi connectivity index (χ3n) is 18.6. The van der Waals surface area contributed by atoms with Crippen molar-refractivity contribution in [3.05, 3.63) is 214 Å². The molecule has 9 N–H and O–H groups in total. The van der Waals surface area contributed by atoms with Gasteiger partial charge in [0.25, 0.3) is 0 Å². The monoisotopic (exact) mass is 1520 g/mol. The number of carbonyl (C=O) groups excluding carboxylic acids is 3. The molecule has 0 aliphatic carbocycles. The number of aromatic nitrogens is 10. The van der Waals surface area contributed by atoms with Crippen LogP contribution in [0, 0.1) is 5.82 Å². The second-order valence-corrected chi connectivity index (χ2v) is 26.4. The minimum Gasteiger partial charge on any atom is -0.438 e. The normalized spacial score (nSPS) is 13.9. The molecule has 12 aromatic rings. The highest BCUT2D eigenvalue weighted by molar-refractivity contribution is 6.00. The summed E-state index contributed by atoms with van der Waals surface area (Å²) in [6.45, 7) is 20.9. The Hall–Kier alpha value is -13.4. The van der Waals surface area contributed by atoms with Gasteiger partial charge in [-0.1, -0.05) is 37.9 Å². The Balaban J connectivity index is 0.000000147. The van der Waals surface area contributed by atoms with E-state index in [9.17, 15) is 29.7 Å². The molecule has 32 heteroatoms. The third kappa shape index (κ3) is 19.2. The number of halogens is 1. The summed E-state index contributed by atoms with van der Waals surface area (Å²) in [6, 6.07) is 43.1. The number of amides is 3. The quantitative estimate of drug-likeness (QED) is 0.0254. The molecule has 576 valence electrons. The Bertz CT molecular complexity index is 5130. The maximum absolute atomic E-state index is 15.0. The van der Waals surface area contributed by atoms with E-state index < -0.39 is 0 Å². The van der Waals surface area contributed by atoms with E-state index in [4.69, 9.17) is 14.2 Å². The summed E-state index contributed by atoms with van der Waals surface area (Å²) in [4.78, 5) is 80.5. The van der Waals surface area contributed by atoms with Gasteiger partial charge in [-0.05, 0) is 149 Å². The fourth-order valence-corrected chi connectivity index (χ4v) is 12.5. The van der Waals surface area contributed by atoms with Gasteiger partial charge >= 0.3 is 0 Å². The lowest BCUT2D eigenvalue weighted by Gasteiger charge is -2.34. The van der Waals surface area contributed by atoms with E-state index in [0.29, 0.717) is 102 Å². The maximum Gasteiger partial charge on any atom is 0.247 e. The minimum atomic E-state index is -0.344. The SMILES string of the molecule is C=CC(=O)Nc1cccc(Oc2nc(Nc3ccc(N4CCN(C)CC4)c(F)c3)nc3c2ccn3CO)c1.C=CC(=O)Nc1cccc(Oc2nc(Nc3ccc(N4CCN(C)CC4)cc3)nc3c2ccn3CO)c1.C=CC(=O)Nc1cccc(Oc2nc(Nc3ccc(N4CCN(C)CC4)nc3)nc3c2ccn3CO)c1. The molecule has 3 aliphatic heterocycles. The topological polar surface area (TPSA) is 336 Å². The molecule has 0 saturated carbocycles. The molecular weight excluding hydrogens is 1430 g/mol. The molecule has 3 aliphatic rings. The van der Waals surface area contributed by atoms with E-state index >= 15 is 4.39 Å². The molecule has 0 atom stereocenters. The van der Waals surface area contributed by atoms with Crippen molar-refractivity contribution in [2.75, 3.05) is 146 Å². The van der Waals surface area contributed by atoms with E-state index in [1.165, 1.54) is 34.5 Å². The Morgan fingerprint density at radius 1 is 0.420 bits per heavy atom. The average molecular weight is 1520 g/mol. The van der Waals surface area contributed by atoms with E-state index in [0.717, 1.165) is 95.7 Å². The number of piperazine rings is 3. The van der Waals surface area contributed by atoms with Crippen LogP contribution < -0.4 is 60.8 Å². The average Bonchev–Trinajstić information content (AvgIpc) is 1.61. The lowest BCUT2D eigenvalue weighted by atomic mass is 10.2. The highest BCUT2D eigenvalue weighted by Crippen LogP contribution is 2.37. The molecule has 10 heterocycles. The van der Waals surface area contributed by atoms with E-state index in [-0.39, 0.29) is 55.6 Å². The van der Waals surface area contributed by atoms with Crippen molar-refractivity contribution in [2.45, 2.75) is 20.2 Å². The Labute approximate surface area is 644 Å². The van der Waals surface area contributed by atoms with Crippen LogP contribution in [0.15, 0.2) is 208 Å². The van der Waals surface area contributed by atoms with Gasteiger partial charge in [-0.2, -0.15) is 29.9 Å². The van der Waals surface area contributed by atoms with Crippen LogP contribution >= 0.6 is 0 Å². The number of benzene rings is 5. The van der Waals surface area contributed by atoms with Gasteiger partial charge in [0, 0.05) is 149 Å². The molecule has 3 saturated heterocycles. The van der Waals surface area contributed by atoms with Crippen LogP contribution in [0.5, 0.6) is 34.9 Å². The predicted octanol–water partition coefficient (Wildman–Crippen LogP) is 10.9. The zero-order valence-electron chi connectivity index (χ0n) is 62.0. The summed E-state index contributed by atoms with van der Waals surface area (Å²) in [5.74, 6) is 2.65. The maximum atomic E-state index is 15.0. The van der Waals surface area contributed by atoms with Crippen LogP contribution in [0.1, 0.15) is 0 Å². The number of aliphatic hydroxyl groups excluding tert-OH is 3. The number of pyridine rings is 1. The molecule has 5 aromatic carbocycles. The highest BCUT2D eigenvalue weighted by Gasteiger charge is 2.23. The number of fused-ring (bicyclic) bond motifs is 3. The second kappa shape index (κ2) is 35.8. The first-order valence-electron chi connectivity index (χ1n) is 36.0. The molecule has 3 fully saturated rings. The molecule has 7 aromatic heterocycles. The van der Waals surface area contributed by atoms with Crippen molar-refractivity contribution in [1.82, 2.24) is 63.3 Å². The van der Waals surface area contributed by atoms with Gasteiger partial charge in [0.2, 0.25) is 53.2 Å². The Morgan fingerprint density at radius 2 is 0.786 bits per heavy atom. The van der Waals surface area contributed by atoms with Crippen molar-refractivity contribution in [2.24, 2.45) is 0 Å². The Morgan fingerprint density at radius 3 is 1.16 bits per heavy atom. The number of rotatable bonds is 24. The summed E-state index contributed by atoms with van der Waals surface area (Å²) in [5, 5.41) is 48.8. The molecule has 0 radical (unpaired) electrons. The van der Waals surface area contributed by atoms with Gasteiger partial charge in [0.05, 0.1) is 33.7 Å². The Kier molecular flexibility index (Phi) is 24.5. The van der Waals surface area contributed by atoms with Crippen molar-refractivity contribution < 1.29 is 48.3 Å². The summed E-state index contributed by atoms with van der Waals surface area (Å²) in [6.07, 6.45) is 10.4. The minimum absolute atomic E-state index is 0.170. The summed E-state index contributed by atoms with van der Waals surface area (Å²) >= 11 is 0. The summed E-state index contributed by atoms with van der Waals surface area (Å²) < 4.78 is 38.1. The number of ether oxygens (including phenoxy) is 3. The first-order valence-corrected chi connectivity index (χ1v) is 36.0. The number of anilines is 12. The summed E-state index contributed by atoms with van der Waals surface area (Å²) in [5.41, 5.74) is 6.89. The number of carbonyl (C=O) groups is 3. The van der Waals surface area contributed by atoms with Crippen LogP contribution in [-0.2, 0) is 34.6 Å². The summed E-state index contributed by atoms with van der Waals surface area (Å²) in [7, 11) is 6.32. The largest absolute Gasteiger partial charge is 0.438 e. The van der Waals surface area contributed by atoms with Crippen LogP contribution in [-0.4, -0.2) is 196 Å². The van der Waals surface area contributed by atoms with Crippen molar-refractivity contribution in [3.63, 3.8) is 0 Å². The second-order valence-electron chi connectivity index (χ2n) is 26.4. The smallest absolute Gasteiger partial charge is 0.247 e. The first kappa shape index (κ1) is 76.8. The number of likely N-dealkylation sites (N-methyl/N-ethyl adjacent to an activating group) is 3. The van der Waals surface area contributed by atoms with Crippen molar-refractivity contribution in [1.29, 1.82) is 0 Å².